The van der Waals surface area contributed by atoms with Gasteiger partial charge in [0, 0.05) is 84.3 Å². The molecular formula is C55H75NO19S. The number of hydrogen-bond acceptors (Lipinski definition) is 18. The number of ketones is 1. The average Bonchev–Trinajstić information content (AvgIpc) is 4.11. The van der Waals surface area contributed by atoms with Crippen LogP contribution >= 0.6 is 0 Å². The first-order chi connectivity index (χ1) is 35.5. The summed E-state index contributed by atoms with van der Waals surface area (Å²) >= 11 is 0. The van der Waals surface area contributed by atoms with Gasteiger partial charge in [-0.3, -0.25) is 18.8 Å². The van der Waals surface area contributed by atoms with E-state index >= 15 is 0 Å². The van der Waals surface area contributed by atoms with E-state index in [4.69, 9.17) is 50.7 Å². The maximum atomic E-state index is 13.5. The molecule has 2 aromatic carbocycles. The van der Waals surface area contributed by atoms with Crippen LogP contribution in [0.1, 0.15) is 127 Å². The van der Waals surface area contributed by atoms with Crippen LogP contribution in [0.15, 0.2) is 35.9 Å². The van der Waals surface area contributed by atoms with Crippen molar-refractivity contribution in [1.29, 1.82) is 0 Å². The standard InChI is InChI=1S/C32H49NO9.C23H24O6.H2O4S/c1-6-18(3)25(35)41-24-11-12-26(4)19-8-9-20-28(37)13-23(34)31(39)21(29(28,38)16-30(20,26)42-32(19,24)40)15-33-14-17(2)7-10-22(33)27(31,5)36;1-11(2)16-8-14-15(28-16)6-5-12-22(24)21-13-7-18(25-3)19(26-4)9-17(13)27-10-20(21)29-23(12)14;1-5(2,3)4/h6,17,19-24,34,36-40H,7-16H2,1-5H3;5-7,9,11,16,20-21H,8,10H2,1-4H3;(H2,1,2,3,4). The average molecular weight is 1090 g/mol. The SMILES string of the molecule is CC=C(C)C(=O)OC1CCC2(C)C3CCC4C5(O)CC(O)C6(O)C(CN7CC(C)CCC7C6(C)O)C5(O)CC42OC13O.COc1cc2c(cc1OC)C1C(=O)c3ccc4c(c3OC1CO2)CC(C(C)C)O4.O=S(=O)(O)O. The second-order valence-corrected chi connectivity index (χ2v) is 25.1. The lowest BCUT2D eigenvalue weighted by atomic mass is 9.49. The molecule has 12 rings (SSSR count). The Balaban J connectivity index is 0.000000168. The molecule has 6 aliphatic heterocycles. The molecule has 420 valence electrons. The number of piperidine rings is 2. The highest BCUT2D eigenvalue weighted by Gasteiger charge is 2.89. The van der Waals surface area contributed by atoms with Gasteiger partial charge in [0.25, 0.3) is 0 Å². The molecule has 0 amide bonds. The second kappa shape index (κ2) is 18.5. The number of carbonyl (C=O) groups excluding carboxylic acids is 2. The van der Waals surface area contributed by atoms with Crippen molar-refractivity contribution < 1.29 is 90.9 Å². The van der Waals surface area contributed by atoms with Gasteiger partial charge in [-0.05, 0) is 89.3 Å². The Labute approximate surface area is 443 Å². The molecule has 10 aliphatic rings. The third kappa shape index (κ3) is 7.82. The normalized spacial score (nSPS) is 43.1. The molecule has 21 heteroatoms. The summed E-state index contributed by atoms with van der Waals surface area (Å²) in [5.74, 6) is -0.806. The minimum Gasteiger partial charge on any atom is -0.493 e. The third-order valence-electron chi connectivity index (χ3n) is 20.1. The number of Topliss-reactive ketones (excluding diaryl/α,β-unsaturated/α-hetero) is 1. The Morgan fingerprint density at radius 1 is 0.895 bits per heavy atom. The van der Waals surface area contributed by atoms with E-state index in [1.165, 1.54) is 0 Å². The van der Waals surface area contributed by atoms with Crippen molar-refractivity contribution in [2.45, 2.75) is 176 Å². The van der Waals surface area contributed by atoms with Crippen molar-refractivity contribution in [3.63, 3.8) is 0 Å². The van der Waals surface area contributed by atoms with E-state index in [1.807, 2.05) is 25.1 Å². The lowest BCUT2D eigenvalue weighted by molar-refractivity contribution is -0.354. The van der Waals surface area contributed by atoms with Crippen LogP contribution in [0.25, 0.3) is 0 Å². The van der Waals surface area contributed by atoms with Gasteiger partial charge >= 0.3 is 16.4 Å². The first-order valence-electron chi connectivity index (χ1n) is 26.7. The number of ether oxygens (including phenoxy) is 7. The van der Waals surface area contributed by atoms with Crippen molar-refractivity contribution in [3.8, 4) is 28.7 Å². The molecule has 3 saturated heterocycles. The van der Waals surface area contributed by atoms with Crippen LogP contribution in [0.3, 0.4) is 0 Å². The molecule has 8 N–H and O–H groups in total. The maximum absolute atomic E-state index is 13.5. The third-order valence-corrected chi connectivity index (χ3v) is 20.1. The summed E-state index contributed by atoms with van der Waals surface area (Å²) in [5.41, 5.74) is -6.58. The summed E-state index contributed by atoms with van der Waals surface area (Å²) in [7, 11) is -1.51. The molecule has 20 nitrogen and oxygen atoms in total. The number of fused-ring (bicyclic) bond motifs is 11. The first-order valence-corrected chi connectivity index (χ1v) is 28.1. The van der Waals surface area contributed by atoms with Crippen LogP contribution in [0, 0.1) is 35.0 Å². The van der Waals surface area contributed by atoms with Gasteiger partial charge < -0.3 is 63.8 Å². The zero-order valence-corrected chi connectivity index (χ0v) is 45.5. The van der Waals surface area contributed by atoms with Gasteiger partial charge in [-0.25, -0.2) is 4.79 Å². The Morgan fingerprint density at radius 3 is 2.22 bits per heavy atom. The van der Waals surface area contributed by atoms with E-state index in [0.717, 1.165) is 29.7 Å². The van der Waals surface area contributed by atoms with E-state index in [9.17, 15) is 40.2 Å². The predicted molar refractivity (Wildman–Crippen MR) is 270 cm³/mol. The van der Waals surface area contributed by atoms with Crippen LogP contribution < -0.4 is 23.7 Å². The van der Waals surface area contributed by atoms with Gasteiger partial charge in [0.2, 0.25) is 5.79 Å². The fourth-order valence-electron chi connectivity index (χ4n) is 16.2. The Bertz CT molecular complexity index is 2810. The summed E-state index contributed by atoms with van der Waals surface area (Å²) in [5, 5.41) is 73.9. The summed E-state index contributed by atoms with van der Waals surface area (Å²) < 4.78 is 73.4. The topological polar surface area (TPSA) is 298 Å². The van der Waals surface area contributed by atoms with Crippen LogP contribution in [-0.4, -0.2) is 163 Å². The molecule has 0 radical (unpaired) electrons. The number of benzene rings is 2. The zero-order valence-electron chi connectivity index (χ0n) is 44.6. The summed E-state index contributed by atoms with van der Waals surface area (Å²) in [6.45, 7) is 14.6. The van der Waals surface area contributed by atoms with Crippen LogP contribution in [0.4, 0.5) is 0 Å². The molecule has 6 heterocycles. The van der Waals surface area contributed by atoms with Crippen LogP contribution in [0.2, 0.25) is 0 Å². The van der Waals surface area contributed by atoms with E-state index in [2.05, 4.69) is 25.7 Å². The molecular weight excluding hydrogens is 1010 g/mol. The molecule has 17 atom stereocenters. The highest BCUT2D eigenvalue weighted by Crippen LogP contribution is 2.78. The number of esters is 1. The molecule has 7 fully saturated rings. The number of rotatable bonds is 5. The Morgan fingerprint density at radius 2 is 1.57 bits per heavy atom. The van der Waals surface area contributed by atoms with Gasteiger partial charge in [0.05, 0.1) is 37.4 Å². The van der Waals surface area contributed by atoms with Gasteiger partial charge in [-0.15, -0.1) is 0 Å². The maximum Gasteiger partial charge on any atom is 0.394 e. The summed E-state index contributed by atoms with van der Waals surface area (Å²) in [4.78, 5) is 28.4. The first kappa shape index (κ1) is 55.2. The highest BCUT2D eigenvalue weighted by atomic mass is 32.3. The minimum atomic E-state index is -4.67. The van der Waals surface area contributed by atoms with Gasteiger partial charge in [0.15, 0.2) is 23.4 Å². The number of aliphatic hydroxyl groups excluding tert-OH is 1. The largest absolute Gasteiger partial charge is 0.493 e. The lowest BCUT2D eigenvalue weighted by Crippen LogP contribution is -2.85. The second-order valence-electron chi connectivity index (χ2n) is 24.2. The van der Waals surface area contributed by atoms with E-state index in [-0.39, 0.29) is 43.4 Å². The quantitative estimate of drug-likeness (QED) is 0.119. The monoisotopic (exact) mass is 1090 g/mol. The molecule has 1 spiro atoms. The summed E-state index contributed by atoms with van der Waals surface area (Å²) in [6, 6.07) is 6.93. The van der Waals surface area contributed by atoms with Gasteiger partial charge in [0.1, 0.15) is 58.5 Å². The molecule has 4 aliphatic carbocycles. The summed E-state index contributed by atoms with van der Waals surface area (Å²) in [6.07, 6.45) is 2.77. The molecule has 17 unspecified atom stereocenters. The predicted octanol–water partition coefficient (Wildman–Crippen LogP) is 4.12. The van der Waals surface area contributed by atoms with Crippen LogP contribution in [0.5, 0.6) is 28.7 Å². The van der Waals surface area contributed by atoms with Crippen molar-refractivity contribution in [1.82, 2.24) is 4.90 Å². The zero-order chi connectivity index (χ0) is 55.2. The smallest absolute Gasteiger partial charge is 0.394 e. The number of nitrogens with zero attached hydrogens (tertiary/aromatic N) is 1. The van der Waals surface area contributed by atoms with Crippen LogP contribution in [-0.2, 0) is 31.1 Å². The Kier molecular flexibility index (Phi) is 13.4. The van der Waals surface area contributed by atoms with Crippen molar-refractivity contribution in [2.24, 2.45) is 35.0 Å². The molecule has 4 saturated carbocycles. The molecule has 76 heavy (non-hydrogen) atoms. The fourth-order valence-corrected chi connectivity index (χ4v) is 16.2. The number of carbonyl (C=O) groups is 2. The lowest BCUT2D eigenvalue weighted by Gasteiger charge is -2.68. The highest BCUT2D eigenvalue weighted by molar-refractivity contribution is 7.79. The van der Waals surface area contributed by atoms with Gasteiger partial charge in [-0.2, -0.15) is 8.42 Å². The van der Waals surface area contributed by atoms with E-state index in [0.29, 0.717) is 91.2 Å². The number of allylic oxidation sites excluding steroid dienone is 1. The van der Waals surface area contributed by atoms with E-state index < -0.39 is 91.5 Å². The van der Waals surface area contributed by atoms with Crippen molar-refractivity contribution >= 4 is 22.2 Å². The number of hydrogen-bond donors (Lipinski definition) is 8. The van der Waals surface area contributed by atoms with Crippen molar-refractivity contribution in [3.05, 3.63) is 52.6 Å². The van der Waals surface area contributed by atoms with Crippen molar-refractivity contribution in [2.75, 3.05) is 33.9 Å². The molecule has 2 aromatic rings. The fraction of sp³-hybridized carbons (Fsp3) is 0.709. The molecule has 0 aromatic heterocycles. The van der Waals surface area contributed by atoms with E-state index in [1.54, 1.807) is 47.1 Å². The van der Waals surface area contributed by atoms with Gasteiger partial charge in [-0.1, -0.05) is 33.8 Å². The minimum absolute atomic E-state index is 0.0452. The number of aliphatic hydroxyl groups is 6. The number of methoxy groups -OCH3 is 2. The molecule has 4 bridgehead atoms. The Hall–Kier alpha value is -4.13.